The van der Waals surface area contributed by atoms with E-state index in [2.05, 4.69) is 0 Å². The summed E-state index contributed by atoms with van der Waals surface area (Å²) in [5, 5.41) is 0. The van der Waals surface area contributed by atoms with Gasteiger partial charge in [-0.2, -0.15) is 0 Å². The minimum absolute atomic E-state index is 0.247. The molecule has 0 saturated heterocycles. The van der Waals surface area contributed by atoms with Crippen molar-refractivity contribution in [1.29, 1.82) is 0 Å². The predicted molar refractivity (Wildman–Crippen MR) is 33.9 cm³/mol. The summed E-state index contributed by atoms with van der Waals surface area (Å²) in [4.78, 5) is 1.77. The smallest absolute Gasteiger partial charge is 0.167 e. The third-order valence-corrected chi connectivity index (χ3v) is 1.53. The molecule has 3 nitrogen and oxygen atoms in total. The molecule has 1 atom stereocenters. The third-order valence-electron chi connectivity index (χ3n) is 0.871. The first-order valence-electron chi connectivity index (χ1n) is 2.42. The molecule has 0 aliphatic heterocycles. The molecule has 0 aliphatic rings. The normalized spacial score (nSPS) is 14.5. The zero-order chi connectivity index (χ0) is 6.57. The molecule has 0 radical (unpaired) electrons. The minimum atomic E-state index is -1.67. The highest BCUT2D eigenvalue weighted by Crippen LogP contribution is 1.81. The molecular weight excluding hydrogens is 126 g/mol. The molecule has 0 bridgehead atoms. The lowest BCUT2D eigenvalue weighted by atomic mass is 10.7. The van der Waals surface area contributed by atoms with Crippen LogP contribution < -0.4 is 0 Å². The van der Waals surface area contributed by atoms with Gasteiger partial charge in [0, 0.05) is 0 Å². The van der Waals surface area contributed by atoms with E-state index >= 15 is 0 Å². The molecule has 0 aromatic carbocycles. The lowest BCUT2D eigenvalue weighted by molar-refractivity contribution is 0.398. The van der Waals surface area contributed by atoms with Crippen molar-refractivity contribution in [3.8, 4) is 0 Å². The van der Waals surface area contributed by atoms with E-state index in [4.69, 9.17) is 4.55 Å². The van der Waals surface area contributed by atoms with Crippen LogP contribution in [-0.2, 0) is 11.1 Å². The van der Waals surface area contributed by atoms with Crippen LogP contribution in [0.1, 0.15) is 6.92 Å². The highest BCUT2D eigenvalue weighted by atomic mass is 32.2. The van der Waals surface area contributed by atoms with E-state index in [0.717, 1.165) is 6.54 Å². The second-order valence-electron chi connectivity index (χ2n) is 1.62. The summed E-state index contributed by atoms with van der Waals surface area (Å²) in [7, 11) is 1.80. The molecule has 1 unspecified atom stereocenters. The summed E-state index contributed by atoms with van der Waals surface area (Å²) < 4.78 is 18.3. The van der Waals surface area contributed by atoms with Crippen LogP contribution in [0.2, 0.25) is 0 Å². The van der Waals surface area contributed by atoms with E-state index in [0.29, 0.717) is 0 Å². The molecule has 0 rings (SSSR count). The van der Waals surface area contributed by atoms with Gasteiger partial charge in [-0.05, 0) is 13.6 Å². The monoisotopic (exact) mass is 137 g/mol. The van der Waals surface area contributed by atoms with Crippen LogP contribution in [0.25, 0.3) is 0 Å². The summed E-state index contributed by atoms with van der Waals surface area (Å²) in [6.07, 6.45) is 0. The van der Waals surface area contributed by atoms with Crippen molar-refractivity contribution in [2.24, 2.45) is 0 Å². The average Bonchev–Trinajstić information content (AvgIpc) is 1.65. The minimum Gasteiger partial charge on any atom is -0.305 e. The highest BCUT2D eigenvalue weighted by Gasteiger charge is 1.96. The fourth-order valence-corrected chi connectivity index (χ4v) is 0.839. The highest BCUT2D eigenvalue weighted by molar-refractivity contribution is 7.79. The number of nitrogens with zero attached hydrogens (tertiary/aromatic N) is 1. The predicted octanol–water partition coefficient (Wildman–Crippen LogP) is 0.117. The number of hydrogen-bond acceptors (Lipinski definition) is 2. The molecule has 50 valence electrons. The van der Waals surface area contributed by atoms with Crippen LogP contribution in [0.3, 0.4) is 0 Å². The molecule has 0 aromatic heterocycles. The van der Waals surface area contributed by atoms with E-state index in [9.17, 15) is 4.21 Å². The molecule has 4 heteroatoms. The summed E-state index contributed by atoms with van der Waals surface area (Å²) in [5.41, 5.74) is 0. The average molecular weight is 137 g/mol. The molecule has 1 N–H and O–H groups in total. The molecule has 0 aromatic rings. The Hall–Kier alpha value is 0.0700. The molecular formula is C4H11NO2S. The van der Waals surface area contributed by atoms with E-state index in [1.807, 2.05) is 6.92 Å². The fourth-order valence-electron chi connectivity index (χ4n) is 0.280. The van der Waals surface area contributed by atoms with Gasteiger partial charge in [0.25, 0.3) is 0 Å². The van der Waals surface area contributed by atoms with Gasteiger partial charge in [-0.3, -0.25) is 4.90 Å². The Kier molecular flexibility index (Phi) is 4.03. The van der Waals surface area contributed by atoms with Gasteiger partial charge in [-0.1, -0.05) is 6.92 Å². The Morgan fingerprint density at radius 2 is 2.25 bits per heavy atom. The van der Waals surface area contributed by atoms with Crippen molar-refractivity contribution < 1.29 is 8.76 Å². The summed E-state index contributed by atoms with van der Waals surface area (Å²) in [6.45, 7) is 2.75. The topological polar surface area (TPSA) is 40.5 Å². The standard InChI is InChI=1S/C4H11NO2S/c1-3-5(2)4-8(6)7/h3-4H2,1-2H3,(H,6,7). The van der Waals surface area contributed by atoms with Crippen molar-refractivity contribution in [1.82, 2.24) is 4.90 Å². The van der Waals surface area contributed by atoms with Crippen molar-refractivity contribution >= 4 is 11.1 Å². The Morgan fingerprint density at radius 1 is 1.75 bits per heavy atom. The summed E-state index contributed by atoms with van der Waals surface area (Å²) >= 11 is -1.67. The maximum atomic E-state index is 10.0. The van der Waals surface area contributed by atoms with Crippen LogP contribution in [0.5, 0.6) is 0 Å². The summed E-state index contributed by atoms with van der Waals surface area (Å²) in [6, 6.07) is 0. The van der Waals surface area contributed by atoms with Crippen molar-refractivity contribution in [2.45, 2.75) is 6.92 Å². The van der Waals surface area contributed by atoms with Gasteiger partial charge in [0.05, 0.1) is 0 Å². The Labute approximate surface area is 52.0 Å². The molecule has 0 amide bonds. The van der Waals surface area contributed by atoms with Gasteiger partial charge in [-0.25, -0.2) is 4.21 Å². The number of rotatable bonds is 3. The van der Waals surface area contributed by atoms with E-state index < -0.39 is 11.1 Å². The molecule has 8 heavy (non-hydrogen) atoms. The van der Waals surface area contributed by atoms with Crippen LogP contribution >= 0.6 is 0 Å². The second-order valence-corrected chi connectivity index (χ2v) is 2.52. The lowest BCUT2D eigenvalue weighted by Gasteiger charge is -2.08. The van der Waals surface area contributed by atoms with E-state index in [-0.39, 0.29) is 5.88 Å². The molecule has 0 saturated carbocycles. The van der Waals surface area contributed by atoms with Gasteiger partial charge in [0.2, 0.25) is 0 Å². The third kappa shape index (κ3) is 4.23. The molecule has 0 fully saturated rings. The van der Waals surface area contributed by atoms with Crippen LogP contribution in [-0.4, -0.2) is 33.1 Å². The quantitative estimate of drug-likeness (QED) is 0.561. The van der Waals surface area contributed by atoms with Crippen molar-refractivity contribution in [3.63, 3.8) is 0 Å². The van der Waals surface area contributed by atoms with E-state index in [1.54, 1.807) is 11.9 Å². The molecule has 0 aliphatic carbocycles. The maximum absolute atomic E-state index is 10.0. The van der Waals surface area contributed by atoms with Gasteiger partial charge in [0.15, 0.2) is 11.1 Å². The zero-order valence-electron chi connectivity index (χ0n) is 5.13. The molecule has 0 spiro atoms. The Balaban J connectivity index is 3.24. The second kappa shape index (κ2) is 4.00. The van der Waals surface area contributed by atoms with Crippen molar-refractivity contribution in [2.75, 3.05) is 19.5 Å². The SMILES string of the molecule is CCN(C)CS(=O)O. The Bertz CT molecular complexity index is 86.1. The van der Waals surface area contributed by atoms with Gasteiger partial charge in [0.1, 0.15) is 5.88 Å². The van der Waals surface area contributed by atoms with Crippen LogP contribution in [0, 0.1) is 0 Å². The first kappa shape index (κ1) is 8.07. The van der Waals surface area contributed by atoms with Crippen LogP contribution in [0.15, 0.2) is 0 Å². The summed E-state index contributed by atoms with van der Waals surface area (Å²) in [5.74, 6) is 0.247. The van der Waals surface area contributed by atoms with Gasteiger partial charge in [-0.15, -0.1) is 0 Å². The Morgan fingerprint density at radius 3 is 2.38 bits per heavy atom. The van der Waals surface area contributed by atoms with Crippen molar-refractivity contribution in [3.05, 3.63) is 0 Å². The lowest BCUT2D eigenvalue weighted by Crippen LogP contribution is -2.21. The van der Waals surface area contributed by atoms with E-state index in [1.165, 1.54) is 0 Å². The fraction of sp³-hybridized carbons (Fsp3) is 1.00. The number of hydrogen-bond donors (Lipinski definition) is 1. The maximum Gasteiger partial charge on any atom is 0.167 e. The van der Waals surface area contributed by atoms with Gasteiger partial charge >= 0.3 is 0 Å². The van der Waals surface area contributed by atoms with Crippen LogP contribution in [0.4, 0.5) is 0 Å². The first-order chi connectivity index (χ1) is 3.66. The molecule has 0 heterocycles. The van der Waals surface area contributed by atoms with Gasteiger partial charge < -0.3 is 4.55 Å². The zero-order valence-corrected chi connectivity index (χ0v) is 5.94. The largest absolute Gasteiger partial charge is 0.305 e. The first-order valence-corrected chi connectivity index (χ1v) is 3.70.